The minimum Gasteiger partial charge on any atom is -0.490 e. The van der Waals surface area contributed by atoms with Crippen molar-refractivity contribution in [3.8, 4) is 11.5 Å². The molecule has 1 saturated heterocycles. The Kier molecular flexibility index (Phi) is 7.66. The van der Waals surface area contributed by atoms with Crippen molar-refractivity contribution in [2.24, 2.45) is 5.41 Å². The van der Waals surface area contributed by atoms with Crippen LogP contribution in [0.25, 0.3) is 10.9 Å². The largest absolute Gasteiger partial charge is 0.490 e. The maximum absolute atomic E-state index is 13.4. The van der Waals surface area contributed by atoms with E-state index in [2.05, 4.69) is 4.98 Å². The lowest BCUT2D eigenvalue weighted by molar-refractivity contribution is -0.157. The Morgan fingerprint density at radius 3 is 2.59 bits per heavy atom. The third kappa shape index (κ3) is 6.19. The van der Waals surface area contributed by atoms with E-state index in [-0.39, 0.29) is 30.5 Å². The molecule has 0 unspecified atom stereocenters. The summed E-state index contributed by atoms with van der Waals surface area (Å²) in [5, 5.41) is 9.66. The third-order valence-electron chi connectivity index (χ3n) is 6.12. The van der Waals surface area contributed by atoms with Crippen LogP contribution >= 0.6 is 0 Å². The molecule has 2 heterocycles. The number of aromatic nitrogens is 2. The van der Waals surface area contributed by atoms with E-state index in [9.17, 15) is 19.5 Å². The van der Waals surface area contributed by atoms with Gasteiger partial charge in [0.25, 0.3) is 5.56 Å². The Morgan fingerprint density at radius 1 is 1.14 bits per heavy atom. The van der Waals surface area contributed by atoms with Gasteiger partial charge in [0.1, 0.15) is 36.4 Å². The first-order chi connectivity index (χ1) is 17.6. The molecule has 4 rings (SSSR count). The molecule has 0 bridgehead atoms. The van der Waals surface area contributed by atoms with Crippen molar-refractivity contribution >= 4 is 23.0 Å². The van der Waals surface area contributed by atoms with E-state index in [4.69, 9.17) is 14.2 Å². The number of hydrogen-bond acceptors (Lipinski definition) is 7. The topological polar surface area (TPSA) is 120 Å². The summed E-state index contributed by atoms with van der Waals surface area (Å²) in [6.07, 6.45) is 1.73. The second-order valence-corrected chi connectivity index (χ2v) is 10.0. The van der Waals surface area contributed by atoms with Gasteiger partial charge in [-0.15, -0.1) is 0 Å². The van der Waals surface area contributed by atoms with Crippen LogP contribution in [0.3, 0.4) is 0 Å². The molecule has 196 valence electrons. The van der Waals surface area contributed by atoms with E-state index in [0.29, 0.717) is 30.8 Å². The van der Waals surface area contributed by atoms with Crippen LogP contribution in [-0.2, 0) is 22.9 Å². The van der Waals surface area contributed by atoms with Gasteiger partial charge in [-0.05, 0) is 39.2 Å². The summed E-state index contributed by atoms with van der Waals surface area (Å²) < 4.78 is 18.5. The standard InChI is InChI=1S/C27H31N3O7/c1-27(2,3)25(32)37-17-29-16-28-21-12-20(35-14-18-8-5-4-6-9-18)13-22(23(21)24(29)31)36-15-19-10-7-11-30(19)26(33)34/h4-6,8-9,12-13,16,19H,7,10-11,14-15,17H2,1-3H3,(H,33,34)/t19-/m1/s1. The monoisotopic (exact) mass is 509 g/mol. The maximum atomic E-state index is 13.4. The van der Waals surface area contributed by atoms with Gasteiger partial charge in [0.15, 0.2) is 6.73 Å². The first-order valence-corrected chi connectivity index (χ1v) is 12.1. The summed E-state index contributed by atoms with van der Waals surface area (Å²) in [5.41, 5.74) is 0.158. The Labute approximate surface area is 214 Å². The molecule has 1 aromatic heterocycles. The molecular formula is C27H31N3O7. The quantitative estimate of drug-likeness (QED) is 0.452. The molecule has 0 spiro atoms. The van der Waals surface area contributed by atoms with Gasteiger partial charge in [-0.25, -0.2) is 9.78 Å². The van der Waals surface area contributed by atoms with Crippen LogP contribution in [0.4, 0.5) is 4.79 Å². The lowest BCUT2D eigenvalue weighted by Crippen LogP contribution is -2.38. The molecule has 1 N–H and O–H groups in total. The van der Waals surface area contributed by atoms with Gasteiger partial charge in [-0.3, -0.25) is 14.2 Å². The Balaban J connectivity index is 1.64. The summed E-state index contributed by atoms with van der Waals surface area (Å²) in [6.45, 7) is 5.71. The Bertz CT molecular complexity index is 1330. The van der Waals surface area contributed by atoms with Crippen LogP contribution in [0.1, 0.15) is 39.2 Å². The van der Waals surface area contributed by atoms with Crippen molar-refractivity contribution in [1.82, 2.24) is 14.5 Å². The van der Waals surface area contributed by atoms with Crippen molar-refractivity contribution < 1.29 is 28.9 Å². The zero-order valence-electron chi connectivity index (χ0n) is 21.2. The fraction of sp³-hybridized carbons (Fsp3) is 0.407. The molecule has 1 amide bonds. The number of carboxylic acid groups (broad SMARTS) is 1. The molecule has 10 nitrogen and oxygen atoms in total. The number of nitrogens with zero attached hydrogens (tertiary/aromatic N) is 3. The van der Waals surface area contributed by atoms with Gasteiger partial charge in [0.2, 0.25) is 0 Å². The number of benzene rings is 2. The van der Waals surface area contributed by atoms with Crippen molar-refractivity contribution in [3.05, 3.63) is 64.7 Å². The number of likely N-dealkylation sites (tertiary alicyclic amines) is 1. The molecule has 10 heteroatoms. The fourth-order valence-corrected chi connectivity index (χ4v) is 4.04. The molecule has 2 aromatic carbocycles. The van der Waals surface area contributed by atoms with Crippen molar-refractivity contribution in [2.45, 2.75) is 53.0 Å². The molecule has 37 heavy (non-hydrogen) atoms. The molecule has 0 saturated carbocycles. The van der Waals surface area contributed by atoms with Gasteiger partial charge in [0, 0.05) is 18.7 Å². The molecule has 0 radical (unpaired) electrons. The predicted octanol–water partition coefficient (Wildman–Crippen LogP) is 4.04. The van der Waals surface area contributed by atoms with E-state index < -0.39 is 23.0 Å². The minimum atomic E-state index is -0.999. The average Bonchev–Trinajstić information content (AvgIpc) is 3.34. The Hall–Kier alpha value is -4.08. The summed E-state index contributed by atoms with van der Waals surface area (Å²) in [4.78, 5) is 42.9. The minimum absolute atomic E-state index is 0.0802. The number of rotatable bonds is 8. The SMILES string of the molecule is CC(C)(C)C(=O)OCn1cnc2cc(OCc3ccccc3)cc(OC[C@H]3CCCN3C(=O)O)c2c1=O. The van der Waals surface area contributed by atoms with E-state index >= 15 is 0 Å². The lowest BCUT2D eigenvalue weighted by Gasteiger charge is -2.22. The highest BCUT2D eigenvalue weighted by molar-refractivity contribution is 5.85. The lowest BCUT2D eigenvalue weighted by atomic mass is 9.98. The van der Waals surface area contributed by atoms with Crippen LogP contribution < -0.4 is 15.0 Å². The summed E-state index contributed by atoms with van der Waals surface area (Å²) in [7, 11) is 0. The summed E-state index contributed by atoms with van der Waals surface area (Å²) in [5.74, 6) is 0.235. The molecule has 1 atom stereocenters. The third-order valence-corrected chi connectivity index (χ3v) is 6.12. The van der Waals surface area contributed by atoms with Gasteiger partial charge in [0.05, 0.1) is 17.0 Å². The smallest absolute Gasteiger partial charge is 0.407 e. The van der Waals surface area contributed by atoms with Crippen LogP contribution in [-0.4, -0.2) is 50.8 Å². The van der Waals surface area contributed by atoms with E-state index in [1.54, 1.807) is 32.9 Å². The second-order valence-electron chi connectivity index (χ2n) is 10.0. The predicted molar refractivity (Wildman–Crippen MR) is 136 cm³/mol. The summed E-state index contributed by atoms with van der Waals surface area (Å²) >= 11 is 0. The van der Waals surface area contributed by atoms with E-state index in [1.807, 2.05) is 30.3 Å². The molecule has 0 aliphatic carbocycles. The van der Waals surface area contributed by atoms with E-state index in [1.165, 1.54) is 15.8 Å². The zero-order valence-corrected chi connectivity index (χ0v) is 21.2. The van der Waals surface area contributed by atoms with Crippen LogP contribution in [0, 0.1) is 5.41 Å². The average molecular weight is 510 g/mol. The molecule has 1 aliphatic rings. The van der Waals surface area contributed by atoms with Crippen molar-refractivity contribution in [3.63, 3.8) is 0 Å². The number of hydrogen-bond donors (Lipinski definition) is 1. The van der Waals surface area contributed by atoms with Gasteiger partial charge >= 0.3 is 12.1 Å². The molecular weight excluding hydrogens is 478 g/mol. The molecule has 1 aliphatic heterocycles. The summed E-state index contributed by atoms with van der Waals surface area (Å²) in [6, 6.07) is 12.6. The maximum Gasteiger partial charge on any atom is 0.407 e. The molecule has 1 fully saturated rings. The highest BCUT2D eigenvalue weighted by atomic mass is 16.5. The number of esters is 1. The number of amides is 1. The number of carbonyl (C=O) groups is 2. The van der Waals surface area contributed by atoms with Crippen LogP contribution in [0.5, 0.6) is 11.5 Å². The normalized spacial score (nSPS) is 15.5. The first kappa shape index (κ1) is 26.0. The van der Waals surface area contributed by atoms with Crippen LogP contribution in [0.2, 0.25) is 0 Å². The second kappa shape index (κ2) is 10.9. The zero-order chi connectivity index (χ0) is 26.6. The highest BCUT2D eigenvalue weighted by Crippen LogP contribution is 2.30. The molecule has 3 aromatic rings. The number of fused-ring (bicyclic) bond motifs is 1. The first-order valence-electron chi connectivity index (χ1n) is 12.1. The van der Waals surface area contributed by atoms with Gasteiger partial charge in [-0.1, -0.05) is 30.3 Å². The van der Waals surface area contributed by atoms with Gasteiger partial charge < -0.3 is 24.2 Å². The van der Waals surface area contributed by atoms with Gasteiger partial charge in [-0.2, -0.15) is 0 Å². The fourth-order valence-electron chi connectivity index (χ4n) is 4.04. The Morgan fingerprint density at radius 2 is 1.89 bits per heavy atom. The van der Waals surface area contributed by atoms with Crippen molar-refractivity contribution in [1.29, 1.82) is 0 Å². The van der Waals surface area contributed by atoms with Crippen LogP contribution in [0.15, 0.2) is 53.6 Å². The number of ether oxygens (including phenoxy) is 3. The highest BCUT2D eigenvalue weighted by Gasteiger charge is 2.29. The number of carbonyl (C=O) groups excluding carboxylic acids is 1. The van der Waals surface area contributed by atoms with E-state index in [0.717, 1.165) is 12.0 Å². The van der Waals surface area contributed by atoms with Crippen molar-refractivity contribution in [2.75, 3.05) is 13.2 Å².